The number of fused-ring (bicyclic) bond motifs is 1. The third kappa shape index (κ3) is 4.32. The largest absolute Gasteiger partial charge is 0.497 e. The summed E-state index contributed by atoms with van der Waals surface area (Å²) >= 11 is 2.24. The number of nitrogens with zero attached hydrogens (tertiary/aromatic N) is 3. The molecule has 1 fully saturated rings. The van der Waals surface area contributed by atoms with Crippen LogP contribution < -0.4 is 9.47 Å². The van der Waals surface area contributed by atoms with Crippen molar-refractivity contribution in [3.63, 3.8) is 0 Å². The molecule has 1 N–H and O–H groups in total. The lowest BCUT2D eigenvalue weighted by Crippen LogP contribution is -2.47. The highest BCUT2D eigenvalue weighted by molar-refractivity contribution is 14.1. The number of carbonyl (C=O) groups is 2. The monoisotopic (exact) mass is 539 g/mol. The van der Waals surface area contributed by atoms with Gasteiger partial charge in [0.05, 0.1) is 20.3 Å². The van der Waals surface area contributed by atoms with E-state index in [1.807, 2.05) is 35.4 Å². The molecule has 0 bridgehead atoms. The smallest absolute Gasteiger partial charge is 0.407 e. The molecule has 4 rings (SSSR count). The summed E-state index contributed by atoms with van der Waals surface area (Å²) in [5, 5.41) is 9.27. The Balaban J connectivity index is 1.59. The molecule has 2 aliphatic heterocycles. The van der Waals surface area contributed by atoms with E-state index in [2.05, 4.69) is 27.2 Å². The first kappa shape index (κ1) is 21.8. The molecule has 0 aliphatic carbocycles. The summed E-state index contributed by atoms with van der Waals surface area (Å²) in [5.74, 6) is 1.71. The molecule has 166 valence electrons. The van der Waals surface area contributed by atoms with Crippen molar-refractivity contribution in [1.82, 2.24) is 14.4 Å². The van der Waals surface area contributed by atoms with Gasteiger partial charge in [0.2, 0.25) is 0 Å². The van der Waals surface area contributed by atoms with E-state index >= 15 is 0 Å². The fourth-order valence-corrected chi connectivity index (χ4v) is 5.22. The first-order valence-corrected chi connectivity index (χ1v) is 11.3. The number of ether oxygens (including phenoxy) is 2. The van der Waals surface area contributed by atoms with Gasteiger partial charge in [-0.05, 0) is 59.5 Å². The Hall–Kier alpha value is -2.43. The molecule has 9 heteroatoms. The molecular weight excluding hydrogens is 513 g/mol. The maximum Gasteiger partial charge on any atom is 0.407 e. The number of hydrogen-bond acceptors (Lipinski definition) is 4. The van der Waals surface area contributed by atoms with Crippen LogP contribution in [0.1, 0.15) is 34.9 Å². The van der Waals surface area contributed by atoms with Crippen molar-refractivity contribution in [3.05, 3.63) is 45.3 Å². The van der Waals surface area contributed by atoms with Gasteiger partial charge in [0.1, 0.15) is 17.2 Å². The number of hydrogen-bond donors (Lipinski definition) is 1. The molecule has 1 aromatic carbocycles. The molecule has 31 heavy (non-hydrogen) atoms. The predicted molar refractivity (Wildman–Crippen MR) is 123 cm³/mol. The minimum Gasteiger partial charge on any atom is -0.497 e. The lowest BCUT2D eigenvalue weighted by molar-refractivity contribution is 0.0560. The van der Waals surface area contributed by atoms with E-state index in [-0.39, 0.29) is 11.9 Å². The van der Waals surface area contributed by atoms with Crippen molar-refractivity contribution in [3.8, 4) is 11.5 Å². The van der Waals surface area contributed by atoms with Gasteiger partial charge in [0, 0.05) is 47.6 Å². The standard InChI is InChI=1S/C22H26IN3O5/c1-30-17-4-3-15(20(10-17)31-2)11-25-13-19(14-5-7-24(8-6-14)22(28)29)26-12-16(23)9-18(26)21(25)27/h3-4,9-10,12,14,19H,5-8,11,13H2,1-2H3,(H,28,29). The minimum atomic E-state index is -0.860. The molecular formula is C22H26IN3O5. The molecule has 0 saturated carbocycles. The van der Waals surface area contributed by atoms with Crippen LogP contribution in [0.2, 0.25) is 0 Å². The van der Waals surface area contributed by atoms with Gasteiger partial charge in [-0.25, -0.2) is 4.79 Å². The first-order valence-electron chi connectivity index (χ1n) is 10.3. The number of carbonyl (C=O) groups excluding carboxylic acids is 1. The Bertz CT molecular complexity index is 984. The number of benzene rings is 1. The van der Waals surface area contributed by atoms with Gasteiger partial charge in [-0.15, -0.1) is 0 Å². The van der Waals surface area contributed by atoms with Crippen molar-refractivity contribution >= 4 is 34.6 Å². The molecule has 2 amide bonds. The summed E-state index contributed by atoms with van der Waals surface area (Å²) in [7, 11) is 3.22. The summed E-state index contributed by atoms with van der Waals surface area (Å²) in [6, 6.07) is 7.69. The highest BCUT2D eigenvalue weighted by Crippen LogP contribution is 2.36. The van der Waals surface area contributed by atoms with Gasteiger partial charge >= 0.3 is 6.09 Å². The van der Waals surface area contributed by atoms with E-state index in [1.165, 1.54) is 4.90 Å². The molecule has 3 heterocycles. The number of halogens is 1. The fourth-order valence-electron chi connectivity index (χ4n) is 4.63. The number of likely N-dealkylation sites (tertiary alicyclic amines) is 1. The second-order valence-corrected chi connectivity index (χ2v) is 9.23. The van der Waals surface area contributed by atoms with Crippen LogP contribution in [0.15, 0.2) is 30.5 Å². The maximum atomic E-state index is 13.3. The lowest BCUT2D eigenvalue weighted by Gasteiger charge is -2.41. The molecule has 0 radical (unpaired) electrons. The summed E-state index contributed by atoms with van der Waals surface area (Å²) < 4.78 is 13.9. The molecule has 1 unspecified atom stereocenters. The Kier molecular flexibility index (Phi) is 6.31. The molecule has 0 spiro atoms. The molecule has 8 nitrogen and oxygen atoms in total. The average molecular weight is 539 g/mol. The zero-order valence-corrected chi connectivity index (χ0v) is 19.7. The number of methoxy groups -OCH3 is 2. The molecule has 1 saturated heterocycles. The zero-order valence-electron chi connectivity index (χ0n) is 17.6. The summed E-state index contributed by atoms with van der Waals surface area (Å²) in [6.45, 7) is 2.09. The van der Waals surface area contributed by atoms with Crippen LogP contribution in [0.4, 0.5) is 4.79 Å². The highest BCUT2D eigenvalue weighted by Gasteiger charge is 2.37. The number of piperidine rings is 1. The van der Waals surface area contributed by atoms with Gasteiger partial charge in [0.15, 0.2) is 0 Å². The molecule has 1 atom stereocenters. The minimum absolute atomic E-state index is 0.00000838. The quantitative estimate of drug-likeness (QED) is 0.587. The van der Waals surface area contributed by atoms with Crippen LogP contribution in [-0.4, -0.2) is 65.3 Å². The number of amides is 2. The molecule has 2 aliphatic rings. The van der Waals surface area contributed by atoms with Crippen LogP contribution in [0, 0.1) is 9.49 Å². The van der Waals surface area contributed by atoms with Crippen molar-refractivity contribution in [2.24, 2.45) is 5.92 Å². The third-order valence-electron chi connectivity index (χ3n) is 6.30. The Morgan fingerprint density at radius 3 is 2.58 bits per heavy atom. The van der Waals surface area contributed by atoms with Crippen molar-refractivity contribution in [1.29, 1.82) is 0 Å². The van der Waals surface area contributed by atoms with Crippen molar-refractivity contribution < 1.29 is 24.2 Å². The van der Waals surface area contributed by atoms with Gasteiger partial charge < -0.3 is 28.9 Å². The van der Waals surface area contributed by atoms with Gasteiger partial charge in [-0.2, -0.15) is 0 Å². The van der Waals surface area contributed by atoms with Crippen LogP contribution in [0.25, 0.3) is 0 Å². The summed E-state index contributed by atoms with van der Waals surface area (Å²) in [6.07, 6.45) is 2.76. The zero-order chi connectivity index (χ0) is 22.1. The predicted octanol–water partition coefficient (Wildman–Crippen LogP) is 3.70. The van der Waals surface area contributed by atoms with E-state index in [0.29, 0.717) is 49.3 Å². The maximum absolute atomic E-state index is 13.3. The second-order valence-electron chi connectivity index (χ2n) is 7.99. The molecule has 1 aromatic heterocycles. The molecule has 2 aromatic rings. The Morgan fingerprint density at radius 2 is 1.94 bits per heavy atom. The van der Waals surface area contributed by atoms with E-state index in [4.69, 9.17) is 9.47 Å². The summed E-state index contributed by atoms with van der Waals surface area (Å²) in [5.41, 5.74) is 1.61. The van der Waals surface area contributed by atoms with Crippen LogP contribution in [0.5, 0.6) is 11.5 Å². The van der Waals surface area contributed by atoms with Crippen molar-refractivity contribution in [2.75, 3.05) is 33.9 Å². The van der Waals surface area contributed by atoms with Crippen LogP contribution >= 0.6 is 22.6 Å². The number of rotatable bonds is 5. The van der Waals surface area contributed by atoms with Crippen LogP contribution in [-0.2, 0) is 6.54 Å². The van der Waals surface area contributed by atoms with E-state index in [0.717, 1.165) is 22.0 Å². The third-order valence-corrected chi connectivity index (χ3v) is 6.89. The topological polar surface area (TPSA) is 84.2 Å². The van der Waals surface area contributed by atoms with E-state index < -0.39 is 6.09 Å². The Labute approximate surface area is 194 Å². The number of carboxylic acid groups (broad SMARTS) is 1. The van der Waals surface area contributed by atoms with Gasteiger partial charge in [-0.1, -0.05) is 0 Å². The van der Waals surface area contributed by atoms with E-state index in [1.54, 1.807) is 14.2 Å². The fraction of sp³-hybridized carbons (Fsp3) is 0.455. The van der Waals surface area contributed by atoms with Gasteiger partial charge in [-0.3, -0.25) is 4.79 Å². The van der Waals surface area contributed by atoms with E-state index in [9.17, 15) is 14.7 Å². The van der Waals surface area contributed by atoms with Crippen molar-refractivity contribution in [2.45, 2.75) is 25.4 Å². The highest BCUT2D eigenvalue weighted by atomic mass is 127. The second kappa shape index (κ2) is 8.97. The lowest BCUT2D eigenvalue weighted by atomic mass is 9.87. The normalized spacial score (nSPS) is 19.3. The summed E-state index contributed by atoms with van der Waals surface area (Å²) in [4.78, 5) is 27.9. The SMILES string of the molecule is COc1ccc(CN2CC(C3CCN(C(=O)O)CC3)n3cc(I)cc3C2=O)c(OC)c1. The first-order chi connectivity index (χ1) is 14.9. The van der Waals surface area contributed by atoms with Gasteiger partial charge in [0.25, 0.3) is 5.91 Å². The van der Waals surface area contributed by atoms with Crippen LogP contribution in [0.3, 0.4) is 0 Å². The Morgan fingerprint density at radius 1 is 1.19 bits per heavy atom. The average Bonchev–Trinajstić information content (AvgIpc) is 3.17. The number of aromatic nitrogens is 1.